The zero-order chi connectivity index (χ0) is 13.8. The summed E-state index contributed by atoms with van der Waals surface area (Å²) in [6.45, 7) is 1.85. The molecular weight excluding hydrogens is 236 g/mol. The quantitative estimate of drug-likeness (QED) is 0.639. The van der Waals surface area contributed by atoms with E-state index < -0.39 is 23.3 Å². The van der Waals surface area contributed by atoms with Gasteiger partial charge in [-0.15, -0.1) is 0 Å². The largest absolute Gasteiger partial charge is 0.480 e. The van der Waals surface area contributed by atoms with Crippen molar-refractivity contribution in [1.29, 1.82) is 0 Å². The van der Waals surface area contributed by atoms with Crippen molar-refractivity contribution in [3.05, 3.63) is 0 Å². The first-order chi connectivity index (χ1) is 8.35. The van der Waals surface area contributed by atoms with Gasteiger partial charge in [0.25, 0.3) is 0 Å². The Labute approximate surface area is 106 Å². The second-order valence-corrected chi connectivity index (χ2v) is 5.14. The molecule has 0 radical (unpaired) electrons. The van der Waals surface area contributed by atoms with E-state index in [9.17, 15) is 14.4 Å². The molecule has 0 aliphatic heterocycles. The molecule has 1 aliphatic carbocycles. The molecule has 6 nitrogen and oxygen atoms in total. The molecule has 0 spiro atoms. The van der Waals surface area contributed by atoms with Crippen LogP contribution < -0.4 is 11.1 Å². The van der Waals surface area contributed by atoms with Gasteiger partial charge in [-0.1, -0.05) is 19.8 Å². The van der Waals surface area contributed by atoms with Crippen molar-refractivity contribution in [3.63, 3.8) is 0 Å². The second-order valence-electron chi connectivity index (χ2n) is 5.14. The highest BCUT2D eigenvalue weighted by molar-refractivity contribution is 5.87. The molecule has 1 aliphatic rings. The van der Waals surface area contributed by atoms with E-state index in [1.54, 1.807) is 0 Å². The fourth-order valence-corrected chi connectivity index (χ4v) is 2.26. The van der Waals surface area contributed by atoms with E-state index in [-0.39, 0.29) is 18.7 Å². The maximum Gasteiger partial charge on any atom is 0.326 e. The van der Waals surface area contributed by atoms with E-state index in [2.05, 4.69) is 5.32 Å². The molecule has 1 rings (SSSR count). The normalized spacial score (nSPS) is 19.2. The lowest BCUT2D eigenvalue weighted by Gasteiger charge is -2.24. The summed E-state index contributed by atoms with van der Waals surface area (Å²) in [5.41, 5.74) is 4.50. The van der Waals surface area contributed by atoms with Crippen LogP contribution in [0.2, 0.25) is 0 Å². The second kappa shape index (κ2) is 5.84. The lowest BCUT2D eigenvalue weighted by atomic mass is 9.87. The Morgan fingerprint density at radius 3 is 2.33 bits per heavy atom. The molecule has 0 aromatic carbocycles. The molecule has 0 aromatic rings. The van der Waals surface area contributed by atoms with Crippen LogP contribution in [0.4, 0.5) is 0 Å². The maximum atomic E-state index is 12.0. The smallest absolute Gasteiger partial charge is 0.326 e. The van der Waals surface area contributed by atoms with Crippen LogP contribution in [-0.4, -0.2) is 28.9 Å². The monoisotopic (exact) mass is 256 g/mol. The molecular formula is C12H20N2O4. The first-order valence-corrected chi connectivity index (χ1v) is 6.17. The highest BCUT2D eigenvalue weighted by atomic mass is 16.4. The van der Waals surface area contributed by atoms with Gasteiger partial charge in [0.1, 0.15) is 6.04 Å². The molecule has 1 atom stereocenters. The van der Waals surface area contributed by atoms with Gasteiger partial charge in [0, 0.05) is 11.8 Å². The summed E-state index contributed by atoms with van der Waals surface area (Å²) >= 11 is 0. The lowest BCUT2D eigenvalue weighted by molar-refractivity contribution is -0.144. The third-order valence-electron chi connectivity index (χ3n) is 3.54. The minimum atomic E-state index is -1.13. The van der Waals surface area contributed by atoms with Gasteiger partial charge in [0.05, 0.1) is 0 Å². The van der Waals surface area contributed by atoms with E-state index in [4.69, 9.17) is 10.8 Å². The maximum absolute atomic E-state index is 12.0. The van der Waals surface area contributed by atoms with Crippen LogP contribution in [0, 0.1) is 5.41 Å². The van der Waals surface area contributed by atoms with Crippen LogP contribution in [0.3, 0.4) is 0 Å². The number of carbonyl (C=O) groups is 3. The summed E-state index contributed by atoms with van der Waals surface area (Å²) in [6, 6.07) is -1.04. The van der Waals surface area contributed by atoms with Crippen LogP contribution in [0.5, 0.6) is 0 Å². The van der Waals surface area contributed by atoms with Crippen LogP contribution in [0.1, 0.15) is 45.4 Å². The summed E-state index contributed by atoms with van der Waals surface area (Å²) in [4.78, 5) is 33.7. The standard InChI is InChI=1S/C12H20N2O4/c1-12(6-2-3-7-12)11(18)14-8(10(16)17)4-5-9(13)15/h8H,2-7H2,1H3,(H2,13,15)(H,14,18)(H,16,17). The zero-order valence-corrected chi connectivity index (χ0v) is 10.6. The molecule has 0 aromatic heterocycles. The molecule has 0 heterocycles. The average molecular weight is 256 g/mol. The number of hydrogen-bond acceptors (Lipinski definition) is 3. The van der Waals surface area contributed by atoms with Crippen LogP contribution >= 0.6 is 0 Å². The van der Waals surface area contributed by atoms with Crippen molar-refractivity contribution in [2.45, 2.75) is 51.5 Å². The molecule has 4 N–H and O–H groups in total. The van der Waals surface area contributed by atoms with E-state index in [1.807, 2.05) is 6.92 Å². The summed E-state index contributed by atoms with van der Waals surface area (Å²) in [5, 5.41) is 11.5. The van der Waals surface area contributed by atoms with Gasteiger partial charge in [-0.3, -0.25) is 9.59 Å². The summed E-state index contributed by atoms with van der Waals surface area (Å²) in [5.74, 6) is -1.94. The number of carbonyl (C=O) groups excluding carboxylic acids is 2. The Morgan fingerprint density at radius 1 is 1.33 bits per heavy atom. The molecule has 1 saturated carbocycles. The highest BCUT2D eigenvalue weighted by Crippen LogP contribution is 2.37. The van der Waals surface area contributed by atoms with Crippen molar-refractivity contribution in [2.24, 2.45) is 11.1 Å². The van der Waals surface area contributed by atoms with Crippen molar-refractivity contribution < 1.29 is 19.5 Å². The van der Waals surface area contributed by atoms with Gasteiger partial charge in [0.15, 0.2) is 0 Å². The third kappa shape index (κ3) is 3.72. The summed E-state index contributed by atoms with van der Waals surface area (Å²) < 4.78 is 0. The Balaban J connectivity index is 2.57. The molecule has 18 heavy (non-hydrogen) atoms. The van der Waals surface area contributed by atoms with Gasteiger partial charge < -0.3 is 16.2 Å². The average Bonchev–Trinajstić information content (AvgIpc) is 2.71. The lowest BCUT2D eigenvalue weighted by Crippen LogP contribution is -2.47. The van der Waals surface area contributed by atoms with Crippen LogP contribution in [-0.2, 0) is 14.4 Å². The molecule has 0 saturated heterocycles. The van der Waals surface area contributed by atoms with Gasteiger partial charge in [-0.2, -0.15) is 0 Å². The topological polar surface area (TPSA) is 109 Å². The number of aliphatic carboxylic acids is 1. The molecule has 1 fully saturated rings. The molecule has 2 amide bonds. The first-order valence-electron chi connectivity index (χ1n) is 6.17. The number of amides is 2. The van der Waals surface area contributed by atoms with Gasteiger partial charge in [-0.05, 0) is 19.3 Å². The van der Waals surface area contributed by atoms with E-state index >= 15 is 0 Å². The van der Waals surface area contributed by atoms with Crippen LogP contribution in [0.25, 0.3) is 0 Å². The van der Waals surface area contributed by atoms with Crippen molar-refractivity contribution in [1.82, 2.24) is 5.32 Å². The third-order valence-corrected chi connectivity index (χ3v) is 3.54. The summed E-state index contributed by atoms with van der Waals surface area (Å²) in [7, 11) is 0. The summed E-state index contributed by atoms with van der Waals surface area (Å²) in [6.07, 6.45) is 3.52. The number of carboxylic acids is 1. The molecule has 102 valence electrons. The highest BCUT2D eigenvalue weighted by Gasteiger charge is 2.37. The van der Waals surface area contributed by atoms with Crippen molar-refractivity contribution >= 4 is 17.8 Å². The minimum Gasteiger partial charge on any atom is -0.480 e. The van der Waals surface area contributed by atoms with E-state index in [1.165, 1.54) is 0 Å². The molecule has 6 heteroatoms. The van der Waals surface area contributed by atoms with Gasteiger partial charge in [-0.25, -0.2) is 4.79 Å². The Morgan fingerprint density at radius 2 is 1.89 bits per heavy atom. The number of primary amides is 1. The zero-order valence-electron chi connectivity index (χ0n) is 10.6. The Hall–Kier alpha value is -1.59. The Bertz CT molecular complexity index is 348. The van der Waals surface area contributed by atoms with Crippen LogP contribution in [0.15, 0.2) is 0 Å². The van der Waals surface area contributed by atoms with E-state index in [0.29, 0.717) is 0 Å². The molecule has 0 bridgehead atoms. The molecule has 1 unspecified atom stereocenters. The minimum absolute atomic E-state index is 0.0342. The Kier molecular flexibility index (Phi) is 4.69. The van der Waals surface area contributed by atoms with E-state index in [0.717, 1.165) is 25.7 Å². The number of rotatable bonds is 6. The fourth-order valence-electron chi connectivity index (χ4n) is 2.26. The predicted molar refractivity (Wildman–Crippen MR) is 64.6 cm³/mol. The number of nitrogens with two attached hydrogens (primary N) is 1. The van der Waals surface area contributed by atoms with Gasteiger partial charge >= 0.3 is 5.97 Å². The SMILES string of the molecule is CC1(C(=O)NC(CCC(N)=O)C(=O)O)CCCC1. The number of carboxylic acid groups (broad SMARTS) is 1. The fraction of sp³-hybridized carbons (Fsp3) is 0.750. The van der Waals surface area contributed by atoms with Crippen molar-refractivity contribution in [2.75, 3.05) is 0 Å². The predicted octanol–water partition coefficient (Wildman–Crippen LogP) is 0.402. The van der Waals surface area contributed by atoms with Gasteiger partial charge in [0.2, 0.25) is 11.8 Å². The number of hydrogen-bond donors (Lipinski definition) is 3. The first kappa shape index (κ1) is 14.5. The van der Waals surface area contributed by atoms with Crippen molar-refractivity contribution in [3.8, 4) is 0 Å². The number of nitrogens with one attached hydrogen (secondary N) is 1.